The minimum absolute atomic E-state index is 0.111. The second-order valence-electron chi connectivity index (χ2n) is 5.80. The highest BCUT2D eigenvalue weighted by Crippen LogP contribution is 2.15. The minimum Gasteiger partial charge on any atom is -0.497 e. The highest BCUT2D eigenvalue weighted by atomic mass is 32.1. The van der Waals surface area contributed by atoms with Crippen LogP contribution in [0.3, 0.4) is 0 Å². The maximum absolute atomic E-state index is 12.0. The summed E-state index contributed by atoms with van der Waals surface area (Å²) in [4.78, 5) is 23.9. The summed E-state index contributed by atoms with van der Waals surface area (Å²) in [6.07, 6.45) is -0.161. The van der Waals surface area contributed by atoms with Crippen molar-refractivity contribution in [1.29, 1.82) is 0 Å². The normalized spacial score (nSPS) is 11.1. The average molecular weight is 419 g/mol. The van der Waals surface area contributed by atoms with E-state index in [2.05, 4.69) is 34.1 Å². The fourth-order valence-corrected chi connectivity index (χ4v) is 2.77. The molecule has 0 fully saturated rings. The fraction of sp³-hybridized carbons (Fsp3) is 0.211. The summed E-state index contributed by atoms with van der Waals surface area (Å²) in [7, 11) is 1.58. The first-order valence-electron chi connectivity index (χ1n) is 8.47. The number of thiol groups is 1. The molecule has 2 aromatic rings. The molecule has 1 amide bonds. The van der Waals surface area contributed by atoms with E-state index in [1.165, 1.54) is 0 Å². The summed E-state index contributed by atoms with van der Waals surface area (Å²) in [6.45, 7) is 0. The molecule has 0 heterocycles. The van der Waals surface area contributed by atoms with Gasteiger partial charge in [-0.3, -0.25) is 20.4 Å². The van der Waals surface area contributed by atoms with Crippen LogP contribution in [0.25, 0.3) is 0 Å². The zero-order chi connectivity index (χ0) is 20.4. The lowest BCUT2D eigenvalue weighted by molar-refractivity contribution is -0.128. The Morgan fingerprint density at radius 2 is 1.71 bits per heavy atom. The minimum atomic E-state index is -0.482. The topological polar surface area (TPSA) is 91.5 Å². The van der Waals surface area contributed by atoms with Crippen LogP contribution in [-0.2, 0) is 9.59 Å². The lowest BCUT2D eigenvalue weighted by Gasteiger charge is -2.14. The average Bonchev–Trinajstić information content (AvgIpc) is 2.67. The van der Waals surface area contributed by atoms with E-state index in [0.29, 0.717) is 0 Å². The molecule has 0 saturated carbocycles. The number of hydrogen-bond donors (Lipinski definition) is 5. The number of ether oxygens (including phenoxy) is 1. The van der Waals surface area contributed by atoms with Crippen molar-refractivity contribution in [2.24, 2.45) is 0 Å². The quantitative estimate of drug-likeness (QED) is 0.148. The van der Waals surface area contributed by atoms with Crippen LogP contribution in [0, 0.1) is 0 Å². The van der Waals surface area contributed by atoms with Crippen molar-refractivity contribution < 1.29 is 14.3 Å². The van der Waals surface area contributed by atoms with Gasteiger partial charge in [0.25, 0.3) is 0 Å². The number of benzene rings is 2. The maximum atomic E-state index is 12.0. The molecule has 1 atom stereocenters. The molecule has 0 aliphatic carbocycles. The van der Waals surface area contributed by atoms with Gasteiger partial charge in [-0.2, -0.15) is 12.6 Å². The number of methoxy groups -OCH3 is 1. The molecule has 1 unspecified atom stereocenters. The Balaban J connectivity index is 1.67. The lowest BCUT2D eigenvalue weighted by Crippen LogP contribution is -2.44. The van der Waals surface area contributed by atoms with E-state index in [1.807, 2.05) is 30.3 Å². The number of Topliss-reactive ketones (excluding diaryl/α,β-unsaturated/α-hetero) is 1. The molecule has 0 saturated heterocycles. The van der Waals surface area contributed by atoms with E-state index < -0.39 is 5.91 Å². The summed E-state index contributed by atoms with van der Waals surface area (Å²) in [5, 5.41) is 5.81. The molecular weight excluding hydrogens is 396 g/mol. The number of ketones is 1. The third-order valence-corrected chi connectivity index (χ3v) is 4.06. The van der Waals surface area contributed by atoms with E-state index in [4.69, 9.17) is 17.0 Å². The maximum Gasteiger partial charge on any atom is 0.245 e. The largest absolute Gasteiger partial charge is 0.497 e. The van der Waals surface area contributed by atoms with Gasteiger partial charge < -0.3 is 15.4 Å². The van der Waals surface area contributed by atoms with Crippen LogP contribution in [0.4, 0.5) is 11.4 Å². The van der Waals surface area contributed by atoms with Gasteiger partial charge in [0, 0.05) is 17.8 Å². The van der Waals surface area contributed by atoms with Crippen molar-refractivity contribution in [2.45, 2.75) is 18.2 Å². The van der Waals surface area contributed by atoms with Crippen molar-refractivity contribution in [3.05, 3.63) is 54.6 Å². The van der Waals surface area contributed by atoms with E-state index in [9.17, 15) is 9.59 Å². The third kappa shape index (κ3) is 7.85. The molecule has 0 spiro atoms. The zero-order valence-corrected chi connectivity index (χ0v) is 17.0. The van der Waals surface area contributed by atoms with Gasteiger partial charge in [-0.1, -0.05) is 18.2 Å². The number of anilines is 2. The monoisotopic (exact) mass is 418 g/mol. The Morgan fingerprint density at radius 3 is 2.36 bits per heavy atom. The van der Waals surface area contributed by atoms with E-state index >= 15 is 0 Å². The van der Waals surface area contributed by atoms with E-state index in [-0.39, 0.29) is 29.1 Å². The summed E-state index contributed by atoms with van der Waals surface area (Å²) in [5.74, 6) is 0.00128. The molecule has 0 aromatic heterocycles. The number of thiocarbonyl (C=S) groups is 1. The van der Waals surface area contributed by atoms with Crippen LogP contribution in [0.1, 0.15) is 12.8 Å². The first kappa shape index (κ1) is 21.5. The molecular formula is C19H22N4O3S2. The summed E-state index contributed by atoms with van der Waals surface area (Å²) >= 11 is 9.44. The number of rotatable bonds is 8. The SMILES string of the molecule is COc1ccc(NC(=S)NNC(=O)CC(=O)CC(S)Nc2ccccc2)cc1. The molecule has 9 heteroatoms. The van der Waals surface area contributed by atoms with Gasteiger partial charge in [-0.05, 0) is 48.6 Å². The van der Waals surface area contributed by atoms with E-state index in [1.54, 1.807) is 31.4 Å². The molecule has 0 radical (unpaired) electrons. The van der Waals surface area contributed by atoms with Crippen molar-refractivity contribution >= 4 is 53.0 Å². The van der Waals surface area contributed by atoms with Gasteiger partial charge in [0.15, 0.2) is 5.11 Å². The van der Waals surface area contributed by atoms with Crippen molar-refractivity contribution in [3.63, 3.8) is 0 Å². The number of carbonyl (C=O) groups excluding carboxylic acids is 2. The molecule has 2 rings (SSSR count). The number of carbonyl (C=O) groups is 2. The fourth-order valence-electron chi connectivity index (χ4n) is 2.25. The van der Waals surface area contributed by atoms with Gasteiger partial charge in [-0.25, -0.2) is 0 Å². The van der Waals surface area contributed by atoms with Gasteiger partial charge in [0.1, 0.15) is 11.5 Å². The second kappa shape index (κ2) is 11.2. The van der Waals surface area contributed by atoms with Gasteiger partial charge in [0.2, 0.25) is 5.91 Å². The van der Waals surface area contributed by atoms with Crippen LogP contribution in [0.15, 0.2) is 54.6 Å². The first-order valence-corrected chi connectivity index (χ1v) is 9.40. The Morgan fingerprint density at radius 1 is 1.04 bits per heavy atom. The molecule has 28 heavy (non-hydrogen) atoms. The highest BCUT2D eigenvalue weighted by molar-refractivity contribution is 7.81. The van der Waals surface area contributed by atoms with Crippen LogP contribution in [0.2, 0.25) is 0 Å². The predicted molar refractivity (Wildman–Crippen MR) is 118 cm³/mol. The first-order chi connectivity index (χ1) is 13.5. The van der Waals surface area contributed by atoms with Gasteiger partial charge in [-0.15, -0.1) is 0 Å². The highest BCUT2D eigenvalue weighted by Gasteiger charge is 2.14. The standard InChI is InChI=1S/C19H22N4O3S2/c1-26-16-9-7-14(8-10-16)21-19(28)23-22-17(25)11-15(24)12-18(27)20-13-5-3-2-4-6-13/h2-10,18,20,27H,11-12H2,1H3,(H,22,25)(H2,21,23,28). The van der Waals surface area contributed by atoms with Crippen molar-refractivity contribution in [1.82, 2.24) is 10.9 Å². The zero-order valence-electron chi connectivity index (χ0n) is 15.3. The molecule has 0 bridgehead atoms. The number of hydrogen-bond acceptors (Lipinski definition) is 6. The van der Waals surface area contributed by atoms with Crippen LogP contribution in [-0.4, -0.2) is 29.3 Å². The third-order valence-electron chi connectivity index (χ3n) is 3.55. The summed E-state index contributed by atoms with van der Waals surface area (Å²) < 4.78 is 5.08. The Kier molecular flexibility index (Phi) is 8.57. The Hall–Kier alpha value is -2.78. The molecule has 4 N–H and O–H groups in total. The Bertz CT molecular complexity index is 801. The number of hydrazine groups is 1. The van der Waals surface area contributed by atoms with Crippen molar-refractivity contribution in [3.8, 4) is 5.75 Å². The summed E-state index contributed by atoms with van der Waals surface area (Å²) in [6, 6.07) is 16.5. The Labute approximate surface area is 174 Å². The van der Waals surface area contributed by atoms with Crippen molar-refractivity contribution in [2.75, 3.05) is 17.7 Å². The van der Waals surface area contributed by atoms with E-state index in [0.717, 1.165) is 17.1 Å². The second-order valence-corrected chi connectivity index (χ2v) is 6.83. The number of amides is 1. The van der Waals surface area contributed by atoms with Crippen LogP contribution >= 0.6 is 24.8 Å². The number of para-hydroxylation sites is 1. The lowest BCUT2D eigenvalue weighted by atomic mass is 10.2. The van der Waals surface area contributed by atoms with Gasteiger partial charge >= 0.3 is 0 Å². The molecule has 2 aromatic carbocycles. The smallest absolute Gasteiger partial charge is 0.245 e. The predicted octanol–water partition coefficient (Wildman–Crippen LogP) is 2.73. The molecule has 148 valence electrons. The summed E-state index contributed by atoms with van der Waals surface area (Å²) in [5.41, 5.74) is 6.54. The molecule has 0 aliphatic rings. The number of nitrogens with one attached hydrogen (secondary N) is 4. The molecule has 0 aliphatic heterocycles. The van der Waals surface area contributed by atoms with Gasteiger partial charge in [0.05, 0.1) is 18.9 Å². The molecule has 7 nitrogen and oxygen atoms in total. The van der Waals surface area contributed by atoms with Crippen LogP contribution < -0.4 is 26.2 Å². The van der Waals surface area contributed by atoms with Crippen LogP contribution in [0.5, 0.6) is 5.75 Å².